The van der Waals surface area contributed by atoms with Gasteiger partial charge >= 0.3 is 0 Å². The van der Waals surface area contributed by atoms with E-state index in [-0.39, 0.29) is 0 Å². The van der Waals surface area contributed by atoms with E-state index in [9.17, 15) is 5.11 Å². The van der Waals surface area contributed by atoms with Crippen LogP contribution in [0, 0.1) is 0 Å². The molecule has 0 heterocycles. The lowest BCUT2D eigenvalue weighted by molar-refractivity contribution is 0.196. The Kier molecular flexibility index (Phi) is 2.23. The maximum absolute atomic E-state index is 9.32. The predicted octanol–water partition coefficient (Wildman–Crippen LogP) is 2.19. The quantitative estimate of drug-likeness (QED) is 0.624. The number of aliphatic hydroxyl groups excluding tert-OH is 1. The fraction of sp³-hybridized carbons (Fsp3) is 0.429. The second kappa shape index (κ2) is 2.68. The molecule has 0 fully saturated rings. The Morgan fingerprint density at radius 3 is 2.80 bits per heavy atom. The van der Waals surface area contributed by atoms with Crippen molar-refractivity contribution < 1.29 is 5.11 Å². The minimum absolute atomic E-state index is 0.603. The molecule has 56 valence electrons. The molecule has 1 N–H and O–H groups in total. The molecule has 0 saturated heterocycles. The molecule has 1 aliphatic rings. The Morgan fingerprint density at radius 1 is 1.80 bits per heavy atom. The topological polar surface area (TPSA) is 20.2 Å². The zero-order valence-corrected chi connectivity index (χ0v) is 7.85. The van der Waals surface area contributed by atoms with Crippen molar-refractivity contribution in [3.63, 3.8) is 0 Å². The van der Waals surface area contributed by atoms with E-state index in [1.54, 1.807) is 19.1 Å². The average Bonchev–Trinajstić information content (AvgIpc) is 1.81. The Morgan fingerprint density at radius 2 is 2.40 bits per heavy atom. The molecule has 0 saturated carbocycles. The largest absolute Gasteiger partial charge is 0.387 e. The van der Waals surface area contributed by atoms with E-state index in [0.29, 0.717) is 0 Å². The lowest BCUT2D eigenvalue weighted by atomic mass is 9.99. The zero-order valence-electron chi connectivity index (χ0n) is 5.51. The molecule has 2 atom stereocenters. The summed E-state index contributed by atoms with van der Waals surface area (Å²) in [5.41, 5.74) is 0. The molecule has 3 heteroatoms. The van der Waals surface area contributed by atoms with Crippen molar-refractivity contribution in [1.29, 1.82) is 0 Å². The van der Waals surface area contributed by atoms with E-state index in [1.165, 1.54) is 0 Å². The lowest BCUT2D eigenvalue weighted by Crippen LogP contribution is -2.31. The number of hydrogen-bond acceptors (Lipinski definition) is 1. The van der Waals surface area contributed by atoms with E-state index in [2.05, 4.69) is 15.9 Å². The van der Waals surface area contributed by atoms with E-state index in [0.717, 1.165) is 4.48 Å². The van der Waals surface area contributed by atoms with Gasteiger partial charge in [0.2, 0.25) is 0 Å². The van der Waals surface area contributed by atoms with Crippen molar-refractivity contribution >= 4 is 27.5 Å². The highest BCUT2D eigenvalue weighted by molar-refractivity contribution is 9.11. The monoisotopic (exact) mass is 222 g/mol. The van der Waals surface area contributed by atoms with Crippen LogP contribution in [-0.4, -0.2) is 16.1 Å². The van der Waals surface area contributed by atoms with Crippen molar-refractivity contribution in [2.45, 2.75) is 17.9 Å². The zero-order chi connectivity index (χ0) is 7.78. The third kappa shape index (κ3) is 1.62. The SMILES string of the molecule is CC1(Cl)C=CC(Br)=CC1O. The summed E-state index contributed by atoms with van der Waals surface area (Å²) < 4.78 is 0.873. The number of allylic oxidation sites excluding steroid dienone is 2. The van der Waals surface area contributed by atoms with Gasteiger partial charge in [0, 0.05) is 4.48 Å². The van der Waals surface area contributed by atoms with E-state index < -0.39 is 11.0 Å². The third-order valence-electron chi connectivity index (χ3n) is 1.46. The van der Waals surface area contributed by atoms with Gasteiger partial charge in [-0.15, -0.1) is 11.6 Å². The summed E-state index contributed by atoms with van der Waals surface area (Å²) in [6, 6.07) is 0. The first-order chi connectivity index (χ1) is 4.52. The van der Waals surface area contributed by atoms with Gasteiger partial charge in [0.25, 0.3) is 0 Å². The normalized spacial score (nSPS) is 39.6. The van der Waals surface area contributed by atoms with Gasteiger partial charge in [-0.2, -0.15) is 0 Å². The minimum Gasteiger partial charge on any atom is -0.387 e. The maximum atomic E-state index is 9.32. The summed E-state index contributed by atoms with van der Waals surface area (Å²) in [6.45, 7) is 1.77. The molecule has 0 aromatic heterocycles. The minimum atomic E-state index is -0.642. The van der Waals surface area contributed by atoms with Crippen molar-refractivity contribution in [1.82, 2.24) is 0 Å². The van der Waals surface area contributed by atoms with Gasteiger partial charge in [-0.05, 0) is 13.0 Å². The molecule has 2 unspecified atom stereocenters. The highest BCUT2D eigenvalue weighted by atomic mass is 79.9. The lowest BCUT2D eigenvalue weighted by Gasteiger charge is -2.24. The summed E-state index contributed by atoms with van der Waals surface area (Å²) in [7, 11) is 0. The van der Waals surface area contributed by atoms with Crippen LogP contribution in [0.15, 0.2) is 22.7 Å². The number of hydrogen-bond donors (Lipinski definition) is 1. The van der Waals surface area contributed by atoms with Gasteiger partial charge in [0.05, 0.1) is 11.0 Å². The fourth-order valence-electron chi connectivity index (χ4n) is 0.710. The molecule has 1 nitrogen and oxygen atoms in total. The highest BCUT2D eigenvalue weighted by Crippen LogP contribution is 2.29. The van der Waals surface area contributed by atoms with Crippen LogP contribution in [0.25, 0.3) is 0 Å². The van der Waals surface area contributed by atoms with Crippen LogP contribution in [0.3, 0.4) is 0 Å². The van der Waals surface area contributed by atoms with Crippen molar-refractivity contribution in [3.8, 4) is 0 Å². The molecule has 0 aromatic carbocycles. The molecule has 0 spiro atoms. The number of halogens is 2. The van der Waals surface area contributed by atoms with E-state index >= 15 is 0 Å². The molecule has 0 bridgehead atoms. The number of aliphatic hydroxyl groups is 1. The fourth-order valence-corrected chi connectivity index (χ4v) is 1.22. The van der Waals surface area contributed by atoms with Crippen molar-refractivity contribution in [3.05, 3.63) is 22.7 Å². The van der Waals surface area contributed by atoms with Gasteiger partial charge < -0.3 is 5.11 Å². The summed E-state index contributed by atoms with van der Waals surface area (Å²) in [5.74, 6) is 0. The molecule has 0 aromatic rings. The highest BCUT2D eigenvalue weighted by Gasteiger charge is 2.28. The van der Waals surface area contributed by atoms with E-state index in [4.69, 9.17) is 11.6 Å². The molecular weight excluding hydrogens is 215 g/mol. The van der Waals surface area contributed by atoms with Crippen LogP contribution < -0.4 is 0 Å². The smallest absolute Gasteiger partial charge is 0.0959 e. The Hall–Kier alpha value is 0.210. The summed E-state index contributed by atoms with van der Waals surface area (Å²) >= 11 is 9.12. The average molecular weight is 223 g/mol. The van der Waals surface area contributed by atoms with Crippen LogP contribution in [0.2, 0.25) is 0 Å². The van der Waals surface area contributed by atoms with Gasteiger partial charge in [-0.1, -0.05) is 28.1 Å². The number of rotatable bonds is 0. The molecule has 1 rings (SSSR count). The summed E-state index contributed by atoms with van der Waals surface area (Å²) in [5, 5.41) is 9.32. The predicted molar refractivity (Wildman–Crippen MR) is 46.4 cm³/mol. The first kappa shape index (κ1) is 8.31. The summed E-state index contributed by atoms with van der Waals surface area (Å²) in [6.07, 6.45) is 4.67. The van der Waals surface area contributed by atoms with Gasteiger partial charge in [0.15, 0.2) is 0 Å². The first-order valence-electron chi connectivity index (χ1n) is 2.96. The van der Waals surface area contributed by atoms with Crippen LogP contribution in [-0.2, 0) is 0 Å². The number of alkyl halides is 1. The van der Waals surface area contributed by atoms with Crippen LogP contribution in [0.1, 0.15) is 6.92 Å². The van der Waals surface area contributed by atoms with Gasteiger partial charge in [-0.3, -0.25) is 0 Å². The molecule has 10 heavy (non-hydrogen) atoms. The van der Waals surface area contributed by atoms with Crippen LogP contribution in [0.5, 0.6) is 0 Å². The van der Waals surface area contributed by atoms with Crippen LogP contribution in [0.4, 0.5) is 0 Å². The molecule has 0 aliphatic heterocycles. The van der Waals surface area contributed by atoms with Crippen LogP contribution >= 0.6 is 27.5 Å². The second-order valence-electron chi connectivity index (χ2n) is 2.48. The Labute approximate surface area is 73.5 Å². The Balaban J connectivity index is 2.84. The third-order valence-corrected chi connectivity index (χ3v) is 2.34. The second-order valence-corrected chi connectivity index (χ2v) is 4.21. The summed E-state index contributed by atoms with van der Waals surface area (Å²) in [4.78, 5) is -0.642. The van der Waals surface area contributed by atoms with Gasteiger partial charge in [0.1, 0.15) is 0 Å². The van der Waals surface area contributed by atoms with Gasteiger partial charge in [-0.25, -0.2) is 0 Å². The van der Waals surface area contributed by atoms with Crippen molar-refractivity contribution in [2.24, 2.45) is 0 Å². The Bertz CT molecular complexity index is 196. The standard InChI is InChI=1S/C7H8BrClO/c1-7(9)3-2-5(8)4-6(7)10/h2-4,6,10H,1H3. The van der Waals surface area contributed by atoms with E-state index in [1.807, 2.05) is 6.08 Å². The molecule has 1 aliphatic carbocycles. The molecular formula is C7H8BrClO. The maximum Gasteiger partial charge on any atom is 0.0959 e. The van der Waals surface area contributed by atoms with Crippen molar-refractivity contribution in [2.75, 3.05) is 0 Å². The molecule has 0 amide bonds. The molecule has 0 radical (unpaired) electrons. The first-order valence-corrected chi connectivity index (χ1v) is 4.13.